The molecule has 0 amide bonds. The van der Waals surface area contributed by atoms with Crippen molar-refractivity contribution in [1.29, 1.82) is 0 Å². The molecule has 0 spiro atoms. The predicted molar refractivity (Wildman–Crippen MR) is 61.0 cm³/mol. The van der Waals surface area contributed by atoms with Crippen LogP contribution in [0.3, 0.4) is 0 Å². The molecule has 0 saturated heterocycles. The van der Waals surface area contributed by atoms with Gasteiger partial charge in [0.2, 0.25) is 0 Å². The Balaban J connectivity index is 2.12. The Bertz CT molecular complexity index is 316. The average Bonchev–Trinajstić information content (AvgIpc) is 2.67. The van der Waals surface area contributed by atoms with Crippen molar-refractivity contribution in [3.63, 3.8) is 0 Å². The normalized spacial score (nSPS) is 19.4. The molecule has 0 bridgehead atoms. The van der Waals surface area contributed by atoms with Gasteiger partial charge in [-0.15, -0.1) is 0 Å². The lowest BCUT2D eigenvalue weighted by Gasteiger charge is -2.18. The van der Waals surface area contributed by atoms with Crippen molar-refractivity contribution in [2.45, 2.75) is 64.2 Å². The van der Waals surface area contributed by atoms with Gasteiger partial charge in [-0.1, -0.05) is 45.2 Å². The van der Waals surface area contributed by atoms with E-state index >= 15 is 0 Å². The first-order valence-corrected chi connectivity index (χ1v) is 6.04. The first-order chi connectivity index (χ1) is 7.07. The second kappa shape index (κ2) is 3.99. The van der Waals surface area contributed by atoms with Crippen LogP contribution in [0.4, 0.5) is 0 Å². The van der Waals surface area contributed by atoms with Crippen LogP contribution < -0.4 is 0 Å². The van der Waals surface area contributed by atoms with Gasteiger partial charge in [0, 0.05) is 17.4 Å². The van der Waals surface area contributed by atoms with Gasteiger partial charge in [-0.3, -0.25) is 0 Å². The van der Waals surface area contributed by atoms with Crippen LogP contribution in [0, 0.1) is 0 Å². The van der Waals surface area contributed by atoms with Gasteiger partial charge in [0.05, 0.1) is 5.69 Å². The molecule has 1 heterocycles. The first-order valence-electron chi connectivity index (χ1n) is 6.04. The van der Waals surface area contributed by atoms with E-state index in [2.05, 4.69) is 32.0 Å². The minimum absolute atomic E-state index is 0.0833. The van der Waals surface area contributed by atoms with E-state index in [0.29, 0.717) is 5.92 Å². The van der Waals surface area contributed by atoms with Crippen LogP contribution in [0.2, 0.25) is 0 Å². The smallest absolute Gasteiger partial charge is 0.142 e. The van der Waals surface area contributed by atoms with Crippen LogP contribution in [0.15, 0.2) is 10.6 Å². The van der Waals surface area contributed by atoms with Crippen LogP contribution in [0.5, 0.6) is 0 Å². The Hall–Kier alpha value is -0.790. The summed E-state index contributed by atoms with van der Waals surface area (Å²) >= 11 is 0. The molecule has 84 valence electrons. The first kappa shape index (κ1) is 10.7. The van der Waals surface area contributed by atoms with E-state index < -0.39 is 0 Å². The maximum Gasteiger partial charge on any atom is 0.142 e. The lowest BCUT2D eigenvalue weighted by molar-refractivity contribution is 0.318. The lowest BCUT2D eigenvalue weighted by Crippen LogP contribution is -2.09. The zero-order valence-corrected chi connectivity index (χ0v) is 10.0. The lowest BCUT2D eigenvalue weighted by atomic mass is 9.85. The maximum atomic E-state index is 5.43. The largest absolute Gasteiger partial charge is 0.361 e. The second-order valence-corrected chi connectivity index (χ2v) is 5.70. The molecule has 1 fully saturated rings. The van der Waals surface area contributed by atoms with E-state index in [1.54, 1.807) is 0 Å². The van der Waals surface area contributed by atoms with Gasteiger partial charge < -0.3 is 4.52 Å². The zero-order valence-electron chi connectivity index (χ0n) is 10.0. The van der Waals surface area contributed by atoms with Gasteiger partial charge in [0.1, 0.15) is 5.76 Å². The third-order valence-corrected chi connectivity index (χ3v) is 3.29. The minimum Gasteiger partial charge on any atom is -0.361 e. The van der Waals surface area contributed by atoms with Crippen molar-refractivity contribution < 1.29 is 4.52 Å². The summed E-state index contributed by atoms with van der Waals surface area (Å²) in [6.07, 6.45) is 6.66. The summed E-state index contributed by atoms with van der Waals surface area (Å²) in [5.74, 6) is 1.67. The van der Waals surface area contributed by atoms with Crippen LogP contribution >= 0.6 is 0 Å². The molecule has 1 aromatic rings. The Kier molecular flexibility index (Phi) is 2.85. The second-order valence-electron chi connectivity index (χ2n) is 5.70. The fourth-order valence-corrected chi connectivity index (χ4v) is 2.23. The summed E-state index contributed by atoms with van der Waals surface area (Å²) in [6, 6.07) is 2.16. The highest BCUT2D eigenvalue weighted by molar-refractivity contribution is 5.16. The van der Waals surface area contributed by atoms with E-state index in [1.165, 1.54) is 37.8 Å². The van der Waals surface area contributed by atoms with Crippen LogP contribution in [-0.2, 0) is 5.41 Å². The van der Waals surface area contributed by atoms with Gasteiger partial charge >= 0.3 is 0 Å². The van der Waals surface area contributed by atoms with Crippen molar-refractivity contribution in [1.82, 2.24) is 5.16 Å². The molecule has 0 unspecified atom stereocenters. The summed E-state index contributed by atoms with van der Waals surface area (Å²) in [5, 5.41) is 4.23. The molecule has 1 aliphatic carbocycles. The predicted octanol–water partition coefficient (Wildman–Crippen LogP) is 4.02. The third-order valence-electron chi connectivity index (χ3n) is 3.29. The fourth-order valence-electron chi connectivity index (χ4n) is 2.23. The molecular formula is C13H21NO. The SMILES string of the molecule is CC(C)(C)c1cc(C2CCCCC2)no1. The number of nitrogens with zero attached hydrogens (tertiary/aromatic N) is 1. The van der Waals surface area contributed by atoms with Crippen molar-refractivity contribution >= 4 is 0 Å². The van der Waals surface area contributed by atoms with E-state index in [4.69, 9.17) is 4.52 Å². The summed E-state index contributed by atoms with van der Waals surface area (Å²) in [7, 11) is 0. The van der Waals surface area contributed by atoms with Crippen molar-refractivity contribution in [2.75, 3.05) is 0 Å². The highest BCUT2D eigenvalue weighted by Gasteiger charge is 2.24. The Morgan fingerprint density at radius 3 is 2.40 bits per heavy atom. The zero-order chi connectivity index (χ0) is 10.9. The molecule has 0 aliphatic heterocycles. The highest BCUT2D eigenvalue weighted by Crippen LogP contribution is 2.34. The third kappa shape index (κ3) is 2.42. The van der Waals surface area contributed by atoms with E-state index in [-0.39, 0.29) is 5.41 Å². The summed E-state index contributed by atoms with van der Waals surface area (Å²) in [6.45, 7) is 6.49. The number of hydrogen-bond donors (Lipinski definition) is 0. The average molecular weight is 207 g/mol. The van der Waals surface area contributed by atoms with Gasteiger partial charge in [-0.2, -0.15) is 0 Å². The van der Waals surface area contributed by atoms with Gasteiger partial charge in [-0.25, -0.2) is 0 Å². The summed E-state index contributed by atoms with van der Waals surface area (Å²) in [5.41, 5.74) is 1.26. The van der Waals surface area contributed by atoms with Crippen molar-refractivity contribution in [2.24, 2.45) is 0 Å². The number of hydrogen-bond acceptors (Lipinski definition) is 2. The van der Waals surface area contributed by atoms with E-state index in [1.807, 2.05) is 0 Å². The van der Waals surface area contributed by atoms with Gasteiger partial charge in [0.15, 0.2) is 0 Å². The van der Waals surface area contributed by atoms with Crippen LogP contribution in [0.1, 0.15) is 70.2 Å². The molecule has 15 heavy (non-hydrogen) atoms. The minimum atomic E-state index is 0.0833. The highest BCUT2D eigenvalue weighted by atomic mass is 16.5. The van der Waals surface area contributed by atoms with Gasteiger partial charge in [-0.05, 0) is 12.8 Å². The molecule has 1 aromatic heterocycles. The van der Waals surface area contributed by atoms with Crippen LogP contribution in [-0.4, -0.2) is 5.16 Å². The van der Waals surface area contributed by atoms with Gasteiger partial charge in [0.25, 0.3) is 0 Å². The van der Waals surface area contributed by atoms with Crippen molar-refractivity contribution in [3.05, 3.63) is 17.5 Å². The molecule has 2 nitrogen and oxygen atoms in total. The molecule has 0 aromatic carbocycles. The Morgan fingerprint density at radius 2 is 1.87 bits per heavy atom. The molecule has 1 saturated carbocycles. The molecule has 2 heteroatoms. The molecule has 2 rings (SSSR count). The molecule has 0 radical (unpaired) electrons. The monoisotopic (exact) mass is 207 g/mol. The quantitative estimate of drug-likeness (QED) is 0.695. The van der Waals surface area contributed by atoms with E-state index in [0.717, 1.165) is 5.76 Å². The Morgan fingerprint density at radius 1 is 1.20 bits per heavy atom. The van der Waals surface area contributed by atoms with Crippen molar-refractivity contribution in [3.8, 4) is 0 Å². The van der Waals surface area contributed by atoms with E-state index in [9.17, 15) is 0 Å². The number of aromatic nitrogens is 1. The molecule has 1 aliphatic rings. The molecular weight excluding hydrogens is 186 g/mol. The fraction of sp³-hybridized carbons (Fsp3) is 0.769. The standard InChI is InChI=1S/C13H21NO/c1-13(2,3)12-9-11(14-15-12)10-7-5-4-6-8-10/h9-10H,4-8H2,1-3H3. The molecule has 0 atom stereocenters. The maximum absolute atomic E-state index is 5.43. The molecule has 0 N–H and O–H groups in total. The summed E-state index contributed by atoms with van der Waals surface area (Å²) in [4.78, 5) is 0. The topological polar surface area (TPSA) is 26.0 Å². The summed E-state index contributed by atoms with van der Waals surface area (Å²) < 4.78 is 5.43. The number of rotatable bonds is 1. The Labute approximate surface area is 92.0 Å². The van der Waals surface area contributed by atoms with Crippen LogP contribution in [0.25, 0.3) is 0 Å².